The number of carbonyl (C=O) groups excluding carboxylic acids is 2. The molecule has 0 bridgehead atoms. The second kappa shape index (κ2) is 12.4. The van der Waals surface area contributed by atoms with Gasteiger partial charge in [0.05, 0.1) is 5.75 Å². The van der Waals surface area contributed by atoms with Gasteiger partial charge in [0.25, 0.3) is 0 Å². The fourth-order valence-electron chi connectivity index (χ4n) is 3.70. The molecule has 34 heavy (non-hydrogen) atoms. The SMILES string of the molecule is CC(C)(C)NC(=O)[C@H](Cc1ccccc1)N(Cc1ccccc1)C(=O)CSCc1ccccc1. The molecule has 0 aliphatic rings. The quantitative estimate of drug-likeness (QED) is 0.424. The number of hydrogen-bond donors (Lipinski definition) is 1. The van der Waals surface area contributed by atoms with Crippen molar-refractivity contribution in [1.82, 2.24) is 10.2 Å². The number of nitrogens with zero attached hydrogens (tertiary/aromatic N) is 1. The van der Waals surface area contributed by atoms with Crippen molar-refractivity contribution in [2.45, 2.75) is 51.1 Å². The summed E-state index contributed by atoms with van der Waals surface area (Å²) in [5, 5.41) is 3.10. The minimum atomic E-state index is -0.605. The lowest BCUT2D eigenvalue weighted by Gasteiger charge is -2.34. The lowest BCUT2D eigenvalue weighted by molar-refractivity contribution is -0.140. The Kier molecular flexibility index (Phi) is 9.34. The molecular formula is C29H34N2O2S. The lowest BCUT2D eigenvalue weighted by atomic mass is 10.0. The zero-order valence-electron chi connectivity index (χ0n) is 20.2. The number of amides is 2. The number of rotatable bonds is 10. The van der Waals surface area contributed by atoms with Gasteiger partial charge < -0.3 is 10.2 Å². The summed E-state index contributed by atoms with van der Waals surface area (Å²) in [6.45, 7) is 6.28. The Bertz CT molecular complexity index is 1030. The molecule has 3 aromatic carbocycles. The predicted octanol–water partition coefficient (Wildman–Crippen LogP) is 5.47. The second-order valence-electron chi connectivity index (χ2n) is 9.43. The first kappa shape index (κ1) is 25.6. The summed E-state index contributed by atoms with van der Waals surface area (Å²) in [6.07, 6.45) is 0.463. The van der Waals surface area contributed by atoms with Crippen LogP contribution in [0, 0.1) is 0 Å². The Morgan fingerprint density at radius 1 is 0.794 bits per heavy atom. The van der Waals surface area contributed by atoms with Crippen molar-refractivity contribution in [3.63, 3.8) is 0 Å². The first-order valence-electron chi connectivity index (χ1n) is 11.6. The minimum Gasteiger partial charge on any atom is -0.350 e. The normalized spacial score (nSPS) is 12.1. The van der Waals surface area contributed by atoms with E-state index < -0.39 is 11.6 Å². The van der Waals surface area contributed by atoms with Crippen LogP contribution in [0.5, 0.6) is 0 Å². The molecule has 0 radical (unpaired) electrons. The van der Waals surface area contributed by atoms with Crippen LogP contribution in [0.2, 0.25) is 0 Å². The van der Waals surface area contributed by atoms with Gasteiger partial charge in [-0.25, -0.2) is 0 Å². The summed E-state index contributed by atoms with van der Waals surface area (Å²) >= 11 is 1.58. The Morgan fingerprint density at radius 2 is 1.29 bits per heavy atom. The van der Waals surface area contributed by atoms with Gasteiger partial charge >= 0.3 is 0 Å². The maximum atomic E-state index is 13.6. The molecule has 3 rings (SSSR count). The van der Waals surface area contributed by atoms with Crippen molar-refractivity contribution in [3.05, 3.63) is 108 Å². The molecule has 0 unspecified atom stereocenters. The summed E-state index contributed by atoms with van der Waals surface area (Å²) in [5.74, 6) is 0.905. The second-order valence-corrected chi connectivity index (χ2v) is 10.4. The summed E-state index contributed by atoms with van der Waals surface area (Å²) in [5.41, 5.74) is 2.82. The van der Waals surface area contributed by atoms with E-state index in [1.807, 2.05) is 99.6 Å². The van der Waals surface area contributed by atoms with E-state index in [1.165, 1.54) is 5.56 Å². The fraction of sp³-hybridized carbons (Fsp3) is 0.310. The molecule has 0 spiro atoms. The van der Waals surface area contributed by atoms with Crippen LogP contribution in [0.25, 0.3) is 0 Å². The van der Waals surface area contributed by atoms with Crippen LogP contribution in [0.15, 0.2) is 91.0 Å². The van der Waals surface area contributed by atoms with Crippen molar-refractivity contribution >= 4 is 23.6 Å². The van der Waals surface area contributed by atoms with Gasteiger partial charge in [-0.05, 0) is 37.5 Å². The third-order valence-corrected chi connectivity index (χ3v) is 6.29. The van der Waals surface area contributed by atoms with Crippen molar-refractivity contribution < 1.29 is 9.59 Å². The zero-order valence-corrected chi connectivity index (χ0v) is 21.1. The molecule has 1 atom stereocenters. The molecule has 0 aliphatic heterocycles. The largest absolute Gasteiger partial charge is 0.350 e. The molecule has 0 saturated carbocycles. The highest BCUT2D eigenvalue weighted by molar-refractivity contribution is 7.99. The molecule has 0 fully saturated rings. The molecule has 0 aliphatic carbocycles. The summed E-state index contributed by atoms with van der Waals surface area (Å²) < 4.78 is 0. The van der Waals surface area contributed by atoms with Crippen LogP contribution in [-0.2, 0) is 28.3 Å². The van der Waals surface area contributed by atoms with Crippen LogP contribution < -0.4 is 5.32 Å². The molecule has 2 amide bonds. The Labute approximate surface area is 207 Å². The summed E-state index contributed by atoms with van der Waals surface area (Å²) in [4.78, 5) is 28.8. The lowest BCUT2D eigenvalue weighted by Crippen LogP contribution is -2.54. The highest BCUT2D eigenvalue weighted by Gasteiger charge is 2.32. The fourth-order valence-corrected chi connectivity index (χ4v) is 4.57. The van der Waals surface area contributed by atoms with Crippen LogP contribution in [-0.4, -0.2) is 34.0 Å². The van der Waals surface area contributed by atoms with Crippen LogP contribution in [0.1, 0.15) is 37.5 Å². The van der Waals surface area contributed by atoms with E-state index in [4.69, 9.17) is 0 Å². The van der Waals surface area contributed by atoms with Gasteiger partial charge in [0, 0.05) is 24.3 Å². The number of hydrogen-bond acceptors (Lipinski definition) is 3. The van der Waals surface area contributed by atoms with E-state index in [1.54, 1.807) is 16.7 Å². The van der Waals surface area contributed by atoms with Gasteiger partial charge in [0.2, 0.25) is 11.8 Å². The molecule has 5 heteroatoms. The Balaban J connectivity index is 1.84. The first-order valence-corrected chi connectivity index (χ1v) is 12.8. The average Bonchev–Trinajstić information content (AvgIpc) is 2.82. The van der Waals surface area contributed by atoms with Crippen molar-refractivity contribution in [3.8, 4) is 0 Å². The molecule has 178 valence electrons. The Hall–Kier alpha value is -3.05. The maximum absolute atomic E-state index is 13.6. The zero-order chi connectivity index (χ0) is 24.4. The number of benzene rings is 3. The smallest absolute Gasteiger partial charge is 0.243 e. The number of carbonyl (C=O) groups is 2. The maximum Gasteiger partial charge on any atom is 0.243 e. The van der Waals surface area contributed by atoms with E-state index >= 15 is 0 Å². The van der Waals surface area contributed by atoms with Crippen LogP contribution in [0.3, 0.4) is 0 Å². The predicted molar refractivity (Wildman–Crippen MR) is 141 cm³/mol. The first-order chi connectivity index (χ1) is 16.3. The van der Waals surface area contributed by atoms with Crippen LogP contribution >= 0.6 is 11.8 Å². The summed E-state index contributed by atoms with van der Waals surface area (Å²) in [6, 6.07) is 29.3. The topological polar surface area (TPSA) is 49.4 Å². The van der Waals surface area contributed by atoms with E-state index in [9.17, 15) is 9.59 Å². The van der Waals surface area contributed by atoms with Crippen molar-refractivity contribution in [1.29, 1.82) is 0 Å². The molecule has 4 nitrogen and oxygen atoms in total. The van der Waals surface area contributed by atoms with Gasteiger partial charge in [-0.3, -0.25) is 9.59 Å². The highest BCUT2D eigenvalue weighted by atomic mass is 32.2. The molecule has 0 aromatic heterocycles. The van der Waals surface area contributed by atoms with Crippen LogP contribution in [0.4, 0.5) is 0 Å². The monoisotopic (exact) mass is 474 g/mol. The number of thioether (sulfide) groups is 1. The molecular weight excluding hydrogens is 440 g/mol. The van der Waals surface area contributed by atoms with E-state index in [-0.39, 0.29) is 11.8 Å². The van der Waals surface area contributed by atoms with E-state index in [0.29, 0.717) is 18.7 Å². The number of nitrogens with one attached hydrogen (secondary N) is 1. The third kappa shape index (κ3) is 8.38. The van der Waals surface area contributed by atoms with Gasteiger partial charge in [0.15, 0.2) is 0 Å². The Morgan fingerprint density at radius 3 is 1.82 bits per heavy atom. The van der Waals surface area contributed by atoms with Crippen molar-refractivity contribution in [2.24, 2.45) is 0 Å². The standard InChI is InChI=1S/C29H34N2O2S/c1-29(2,3)30-28(33)26(19-23-13-7-4-8-14-23)31(20-24-15-9-5-10-16-24)27(32)22-34-21-25-17-11-6-12-18-25/h4-18,26H,19-22H2,1-3H3,(H,30,33)/t26-/m0/s1. The average molecular weight is 475 g/mol. The molecule has 1 N–H and O–H groups in total. The molecule has 3 aromatic rings. The minimum absolute atomic E-state index is 0.0326. The van der Waals surface area contributed by atoms with Gasteiger partial charge in [0.1, 0.15) is 6.04 Å². The van der Waals surface area contributed by atoms with Gasteiger partial charge in [-0.2, -0.15) is 0 Å². The van der Waals surface area contributed by atoms with E-state index in [0.717, 1.165) is 16.9 Å². The highest BCUT2D eigenvalue weighted by Crippen LogP contribution is 2.19. The van der Waals surface area contributed by atoms with Gasteiger partial charge in [-0.1, -0.05) is 91.0 Å². The van der Waals surface area contributed by atoms with Gasteiger partial charge in [-0.15, -0.1) is 11.8 Å². The van der Waals surface area contributed by atoms with Crippen molar-refractivity contribution in [2.75, 3.05) is 5.75 Å². The molecule has 0 saturated heterocycles. The molecule has 0 heterocycles. The van der Waals surface area contributed by atoms with E-state index in [2.05, 4.69) is 17.4 Å². The third-order valence-electron chi connectivity index (χ3n) is 5.30. The summed E-state index contributed by atoms with van der Waals surface area (Å²) in [7, 11) is 0.